The molecule has 1 heterocycles. The molecule has 0 aromatic rings. The van der Waals surface area contributed by atoms with E-state index < -0.39 is 0 Å². The lowest BCUT2D eigenvalue weighted by atomic mass is 9.84. The van der Waals surface area contributed by atoms with Crippen molar-refractivity contribution in [1.29, 1.82) is 0 Å². The van der Waals surface area contributed by atoms with Crippen LogP contribution in [0.3, 0.4) is 0 Å². The van der Waals surface area contributed by atoms with Crippen LogP contribution in [0.1, 0.15) is 73.6 Å². The van der Waals surface area contributed by atoms with E-state index in [1.807, 2.05) is 0 Å². The Morgan fingerprint density at radius 2 is 1.95 bits per heavy atom. The second-order valence-corrected chi connectivity index (χ2v) is 7.75. The Labute approximate surface area is 127 Å². The predicted octanol–water partition coefficient (Wildman–Crippen LogP) is 4.30. The van der Waals surface area contributed by atoms with Crippen LogP contribution in [0, 0.1) is 11.3 Å². The van der Waals surface area contributed by atoms with Gasteiger partial charge >= 0.3 is 0 Å². The molecule has 0 radical (unpaired) electrons. The van der Waals surface area contributed by atoms with E-state index in [9.17, 15) is 0 Å². The fraction of sp³-hybridized carbons (Fsp3) is 1.00. The second kappa shape index (κ2) is 8.38. The smallest absolute Gasteiger partial charge is 0.00962 e. The third-order valence-electron chi connectivity index (χ3n) is 4.95. The van der Waals surface area contributed by atoms with E-state index in [-0.39, 0.29) is 0 Å². The van der Waals surface area contributed by atoms with Gasteiger partial charge in [-0.25, -0.2) is 0 Å². The summed E-state index contributed by atoms with van der Waals surface area (Å²) in [6.07, 6.45) is 6.72. The summed E-state index contributed by atoms with van der Waals surface area (Å²) in [5, 5.41) is 3.71. The molecule has 3 unspecified atom stereocenters. The first-order valence-electron chi connectivity index (χ1n) is 8.88. The van der Waals surface area contributed by atoms with E-state index in [4.69, 9.17) is 0 Å². The van der Waals surface area contributed by atoms with Crippen LogP contribution in [0.15, 0.2) is 0 Å². The summed E-state index contributed by atoms with van der Waals surface area (Å²) < 4.78 is 0. The number of rotatable bonds is 9. The van der Waals surface area contributed by atoms with Gasteiger partial charge in [-0.3, -0.25) is 4.90 Å². The Balaban J connectivity index is 2.59. The molecule has 20 heavy (non-hydrogen) atoms. The van der Waals surface area contributed by atoms with Crippen LogP contribution in [-0.4, -0.2) is 36.6 Å². The van der Waals surface area contributed by atoms with Crippen LogP contribution in [0.5, 0.6) is 0 Å². The van der Waals surface area contributed by atoms with Crippen molar-refractivity contribution in [2.75, 3.05) is 19.6 Å². The van der Waals surface area contributed by atoms with Crippen LogP contribution in [-0.2, 0) is 0 Å². The first kappa shape index (κ1) is 18.0. The topological polar surface area (TPSA) is 15.3 Å². The summed E-state index contributed by atoms with van der Waals surface area (Å²) in [6, 6.07) is 1.60. The van der Waals surface area contributed by atoms with Crippen LogP contribution in [0.2, 0.25) is 0 Å². The van der Waals surface area contributed by atoms with Crippen molar-refractivity contribution < 1.29 is 0 Å². The normalized spacial score (nSPS) is 27.1. The minimum atomic E-state index is 0.426. The van der Waals surface area contributed by atoms with E-state index >= 15 is 0 Å². The van der Waals surface area contributed by atoms with Crippen molar-refractivity contribution in [3.05, 3.63) is 0 Å². The highest BCUT2D eigenvalue weighted by Crippen LogP contribution is 2.32. The van der Waals surface area contributed by atoms with Gasteiger partial charge in [0, 0.05) is 25.2 Å². The van der Waals surface area contributed by atoms with E-state index in [0.717, 1.165) is 24.5 Å². The second-order valence-electron chi connectivity index (χ2n) is 7.75. The fourth-order valence-electron chi connectivity index (χ4n) is 3.78. The van der Waals surface area contributed by atoms with Gasteiger partial charge in [0.05, 0.1) is 0 Å². The molecule has 1 N–H and O–H groups in total. The lowest BCUT2D eigenvalue weighted by molar-refractivity contribution is 0.108. The highest BCUT2D eigenvalue weighted by Gasteiger charge is 2.35. The molecule has 0 aromatic carbocycles. The number of likely N-dealkylation sites (tertiary alicyclic amines) is 1. The van der Waals surface area contributed by atoms with Crippen LogP contribution < -0.4 is 5.32 Å². The highest BCUT2D eigenvalue weighted by molar-refractivity contribution is 4.90. The van der Waals surface area contributed by atoms with Crippen molar-refractivity contribution >= 4 is 0 Å². The van der Waals surface area contributed by atoms with Gasteiger partial charge in [-0.1, -0.05) is 41.0 Å². The first-order chi connectivity index (χ1) is 9.41. The zero-order chi connectivity index (χ0) is 15.2. The van der Waals surface area contributed by atoms with Crippen LogP contribution in [0.4, 0.5) is 0 Å². The van der Waals surface area contributed by atoms with Crippen LogP contribution >= 0.6 is 0 Å². The Morgan fingerprint density at radius 1 is 1.25 bits per heavy atom. The molecule has 0 aliphatic carbocycles. The Kier molecular flexibility index (Phi) is 7.53. The highest BCUT2D eigenvalue weighted by atomic mass is 15.2. The summed E-state index contributed by atoms with van der Waals surface area (Å²) in [4.78, 5) is 2.80. The maximum atomic E-state index is 3.71. The molecule has 0 spiro atoms. The number of hydrogen-bond acceptors (Lipinski definition) is 2. The molecule has 2 nitrogen and oxygen atoms in total. The Morgan fingerprint density at radius 3 is 2.50 bits per heavy atom. The van der Waals surface area contributed by atoms with E-state index in [1.54, 1.807) is 0 Å². The molecule has 1 aliphatic rings. The van der Waals surface area contributed by atoms with Gasteiger partial charge in [-0.15, -0.1) is 0 Å². The van der Waals surface area contributed by atoms with Crippen molar-refractivity contribution in [2.45, 2.75) is 85.7 Å². The SMILES string of the molecule is CCCC(C)(CNCC(C)C)CN1C(C)CCC1CC. The minimum absolute atomic E-state index is 0.426. The van der Waals surface area contributed by atoms with Crippen molar-refractivity contribution in [2.24, 2.45) is 11.3 Å². The molecule has 1 rings (SSSR count). The molecule has 120 valence electrons. The monoisotopic (exact) mass is 282 g/mol. The zero-order valence-electron chi connectivity index (χ0n) is 14.8. The predicted molar refractivity (Wildman–Crippen MR) is 90.2 cm³/mol. The summed E-state index contributed by atoms with van der Waals surface area (Å²) in [6.45, 7) is 17.7. The first-order valence-corrected chi connectivity index (χ1v) is 8.88. The molecular weight excluding hydrogens is 244 g/mol. The van der Waals surface area contributed by atoms with Gasteiger partial charge in [-0.05, 0) is 50.5 Å². The van der Waals surface area contributed by atoms with Crippen molar-refractivity contribution in [3.63, 3.8) is 0 Å². The van der Waals surface area contributed by atoms with Gasteiger partial charge < -0.3 is 5.32 Å². The molecule has 0 bridgehead atoms. The Bertz CT molecular complexity index is 264. The number of nitrogens with one attached hydrogen (secondary N) is 1. The zero-order valence-corrected chi connectivity index (χ0v) is 14.8. The maximum absolute atomic E-state index is 3.71. The average Bonchev–Trinajstić information content (AvgIpc) is 2.70. The van der Waals surface area contributed by atoms with Gasteiger partial charge in [-0.2, -0.15) is 0 Å². The Hall–Kier alpha value is -0.0800. The summed E-state index contributed by atoms with van der Waals surface area (Å²) in [7, 11) is 0. The molecule has 1 aliphatic heterocycles. The number of nitrogens with zero attached hydrogens (tertiary/aromatic N) is 1. The lowest BCUT2D eigenvalue weighted by Gasteiger charge is -2.39. The fourth-order valence-corrected chi connectivity index (χ4v) is 3.78. The summed E-state index contributed by atoms with van der Waals surface area (Å²) >= 11 is 0. The molecule has 0 saturated carbocycles. The van der Waals surface area contributed by atoms with Gasteiger partial charge in [0.1, 0.15) is 0 Å². The van der Waals surface area contributed by atoms with E-state index in [1.165, 1.54) is 45.2 Å². The van der Waals surface area contributed by atoms with E-state index in [2.05, 4.69) is 51.8 Å². The van der Waals surface area contributed by atoms with Crippen molar-refractivity contribution in [3.8, 4) is 0 Å². The van der Waals surface area contributed by atoms with Gasteiger partial charge in [0.2, 0.25) is 0 Å². The van der Waals surface area contributed by atoms with Gasteiger partial charge in [0.15, 0.2) is 0 Å². The van der Waals surface area contributed by atoms with Crippen LogP contribution in [0.25, 0.3) is 0 Å². The molecular formula is C18H38N2. The van der Waals surface area contributed by atoms with E-state index in [0.29, 0.717) is 5.41 Å². The quantitative estimate of drug-likeness (QED) is 0.678. The lowest BCUT2D eigenvalue weighted by Crippen LogP contribution is -2.46. The molecule has 2 heteroatoms. The molecule has 0 amide bonds. The minimum Gasteiger partial charge on any atom is -0.316 e. The third-order valence-corrected chi connectivity index (χ3v) is 4.95. The summed E-state index contributed by atoms with van der Waals surface area (Å²) in [5.74, 6) is 0.745. The molecule has 1 saturated heterocycles. The average molecular weight is 283 g/mol. The third kappa shape index (κ3) is 5.37. The standard InChI is InChI=1S/C18H38N2/c1-7-11-18(6,13-19-12-15(3)4)14-20-16(5)9-10-17(20)8-2/h15-17,19H,7-14H2,1-6H3. The largest absolute Gasteiger partial charge is 0.316 e. The molecule has 3 atom stereocenters. The summed E-state index contributed by atoms with van der Waals surface area (Å²) in [5.41, 5.74) is 0.426. The maximum Gasteiger partial charge on any atom is 0.00962 e. The van der Waals surface area contributed by atoms with Gasteiger partial charge in [0.25, 0.3) is 0 Å². The number of hydrogen-bond donors (Lipinski definition) is 1. The molecule has 1 fully saturated rings. The molecule has 0 aromatic heterocycles. The van der Waals surface area contributed by atoms with Crippen molar-refractivity contribution in [1.82, 2.24) is 10.2 Å².